The molecule has 0 heterocycles. The summed E-state index contributed by atoms with van der Waals surface area (Å²) in [5.74, 6) is 0. The minimum atomic E-state index is 0.388. The van der Waals surface area contributed by atoms with Crippen molar-refractivity contribution in [3.63, 3.8) is 0 Å². The van der Waals surface area contributed by atoms with Crippen molar-refractivity contribution in [2.75, 3.05) is 0 Å². The maximum atomic E-state index is 8.49. The maximum Gasteiger partial charge on any atom is 0.101 e. The van der Waals surface area contributed by atoms with Gasteiger partial charge in [0.25, 0.3) is 0 Å². The third kappa shape index (κ3) is 1.73. The summed E-state index contributed by atoms with van der Waals surface area (Å²) in [6, 6.07) is 6.74. The average Bonchev–Trinajstić information content (AvgIpc) is 2.04. The first-order valence-corrected chi connectivity index (χ1v) is 3.55. The van der Waals surface area contributed by atoms with Gasteiger partial charge in [-0.25, -0.2) is 0 Å². The molecule has 0 N–H and O–H groups in total. The van der Waals surface area contributed by atoms with Crippen molar-refractivity contribution in [3.8, 4) is 6.07 Å². The summed E-state index contributed by atoms with van der Waals surface area (Å²) < 4.78 is 3.50. The van der Waals surface area contributed by atoms with E-state index in [2.05, 4.69) is 16.8 Å². The number of hydrogen-bond acceptors (Lipinski definition) is 3. The van der Waals surface area contributed by atoms with Crippen LogP contribution in [0.25, 0.3) is 0 Å². The quantitative estimate of drug-likeness (QED) is 0.669. The van der Waals surface area contributed by atoms with E-state index in [1.165, 1.54) is 0 Å². The molecule has 54 valence electrons. The summed E-state index contributed by atoms with van der Waals surface area (Å²) in [5, 5.41) is 8.88. The van der Waals surface area contributed by atoms with Crippen molar-refractivity contribution < 1.29 is 0 Å². The lowest BCUT2D eigenvalue weighted by molar-refractivity contribution is 1.47. The number of nitriles is 1. The van der Waals surface area contributed by atoms with Crippen molar-refractivity contribution in [2.45, 2.75) is 0 Å². The lowest BCUT2D eigenvalue weighted by Gasteiger charge is -1.93. The van der Waals surface area contributed by atoms with Crippen molar-refractivity contribution >= 4 is 29.7 Å². The monoisotopic (exact) mass is 182 g/mol. The molecule has 0 amide bonds. The van der Waals surface area contributed by atoms with Gasteiger partial charge in [-0.15, -0.1) is 0 Å². The molecule has 1 aromatic carbocycles. The van der Waals surface area contributed by atoms with Gasteiger partial charge in [0.2, 0.25) is 0 Å². The van der Waals surface area contributed by atoms with E-state index in [0.29, 0.717) is 16.3 Å². The molecule has 0 saturated carbocycles. The fraction of sp³-hybridized carbons (Fsp3) is 0. The van der Waals surface area contributed by atoms with Crippen LogP contribution in [0.5, 0.6) is 0 Å². The molecular formula is C7H3ClN2S. The van der Waals surface area contributed by atoms with Crippen LogP contribution < -0.4 is 0 Å². The Labute approximate surface area is 74.6 Å². The van der Waals surface area contributed by atoms with E-state index in [1.54, 1.807) is 18.2 Å². The van der Waals surface area contributed by atoms with Crippen LogP contribution in [0.3, 0.4) is 0 Å². The molecule has 0 aliphatic rings. The van der Waals surface area contributed by atoms with Crippen LogP contribution in [-0.2, 0) is 12.4 Å². The minimum absolute atomic E-state index is 0.388. The predicted molar refractivity (Wildman–Crippen MR) is 45.6 cm³/mol. The molecule has 4 heteroatoms. The highest BCUT2D eigenvalue weighted by molar-refractivity contribution is 7.47. The van der Waals surface area contributed by atoms with Gasteiger partial charge in [0, 0.05) is 12.4 Å². The second-order valence-electron chi connectivity index (χ2n) is 1.87. The SMILES string of the molecule is N#Cc1ccc(N=S)cc1Cl. The van der Waals surface area contributed by atoms with Crippen molar-refractivity contribution in [3.05, 3.63) is 28.8 Å². The zero-order chi connectivity index (χ0) is 8.27. The summed E-state index contributed by atoms with van der Waals surface area (Å²) in [7, 11) is 0. The number of benzene rings is 1. The topological polar surface area (TPSA) is 36.1 Å². The van der Waals surface area contributed by atoms with Gasteiger partial charge in [-0.3, -0.25) is 0 Å². The van der Waals surface area contributed by atoms with Crippen LogP contribution in [0.15, 0.2) is 22.6 Å². The highest BCUT2D eigenvalue weighted by Gasteiger charge is 1.98. The summed E-state index contributed by atoms with van der Waals surface area (Å²) >= 11 is 10.1. The van der Waals surface area contributed by atoms with Crippen molar-refractivity contribution in [1.82, 2.24) is 0 Å². The van der Waals surface area contributed by atoms with Gasteiger partial charge in [0.05, 0.1) is 16.3 Å². The Morgan fingerprint density at radius 3 is 2.73 bits per heavy atom. The first-order chi connectivity index (χ1) is 5.27. The molecular weight excluding hydrogens is 180 g/mol. The molecule has 11 heavy (non-hydrogen) atoms. The Balaban J connectivity index is 3.22. The molecule has 0 spiro atoms. The normalized spacial score (nSPS) is 8.73. The Morgan fingerprint density at radius 1 is 1.55 bits per heavy atom. The van der Waals surface area contributed by atoms with E-state index in [9.17, 15) is 0 Å². The molecule has 0 bridgehead atoms. The Bertz CT molecular complexity index is 330. The number of rotatable bonds is 1. The van der Waals surface area contributed by atoms with E-state index in [4.69, 9.17) is 16.9 Å². The van der Waals surface area contributed by atoms with Crippen LogP contribution in [0.4, 0.5) is 5.69 Å². The molecule has 0 aliphatic carbocycles. The summed E-state index contributed by atoms with van der Waals surface area (Å²) in [5.41, 5.74) is 1.04. The van der Waals surface area contributed by atoms with Gasteiger partial charge >= 0.3 is 0 Å². The van der Waals surface area contributed by atoms with Gasteiger partial charge < -0.3 is 0 Å². The van der Waals surface area contributed by atoms with Crippen LogP contribution in [0.1, 0.15) is 5.56 Å². The van der Waals surface area contributed by atoms with E-state index in [1.807, 2.05) is 6.07 Å². The summed E-state index contributed by atoms with van der Waals surface area (Å²) in [4.78, 5) is 0. The first kappa shape index (κ1) is 8.12. The van der Waals surface area contributed by atoms with Crippen LogP contribution in [0.2, 0.25) is 5.02 Å². The lowest BCUT2D eigenvalue weighted by Crippen LogP contribution is -1.74. The first-order valence-electron chi connectivity index (χ1n) is 2.81. The fourth-order valence-corrected chi connectivity index (χ4v) is 0.982. The smallest absolute Gasteiger partial charge is 0.101 e. The molecule has 0 fully saturated rings. The largest absolute Gasteiger partial charge is 0.192 e. The van der Waals surface area contributed by atoms with Crippen LogP contribution in [0, 0.1) is 11.3 Å². The third-order valence-electron chi connectivity index (χ3n) is 1.18. The zero-order valence-electron chi connectivity index (χ0n) is 5.41. The Morgan fingerprint density at radius 2 is 2.27 bits per heavy atom. The standard InChI is InChI=1S/C7H3ClN2S/c8-7-3-6(10-11)2-1-5(7)4-9/h1-3H. The van der Waals surface area contributed by atoms with Gasteiger partial charge in [-0.1, -0.05) is 11.6 Å². The molecule has 0 aromatic heterocycles. The van der Waals surface area contributed by atoms with E-state index >= 15 is 0 Å². The van der Waals surface area contributed by atoms with Crippen molar-refractivity contribution in [1.29, 1.82) is 5.26 Å². The molecule has 0 aliphatic heterocycles. The molecule has 0 unspecified atom stereocenters. The Kier molecular flexibility index (Phi) is 2.53. The van der Waals surface area contributed by atoms with E-state index in [-0.39, 0.29) is 0 Å². The van der Waals surface area contributed by atoms with Crippen molar-refractivity contribution in [2.24, 2.45) is 4.36 Å². The second kappa shape index (κ2) is 3.42. The van der Waals surface area contributed by atoms with Gasteiger partial charge in [0.1, 0.15) is 6.07 Å². The third-order valence-corrected chi connectivity index (χ3v) is 1.70. The molecule has 1 aromatic rings. The molecule has 0 radical (unpaired) electrons. The molecule has 0 atom stereocenters. The van der Waals surface area contributed by atoms with Gasteiger partial charge in [-0.2, -0.15) is 9.62 Å². The molecule has 0 saturated heterocycles. The molecule has 2 nitrogen and oxygen atoms in total. The second-order valence-corrected chi connectivity index (χ2v) is 2.46. The number of hydrogen-bond donors (Lipinski definition) is 0. The van der Waals surface area contributed by atoms with Gasteiger partial charge in [0.15, 0.2) is 0 Å². The maximum absolute atomic E-state index is 8.49. The summed E-state index contributed by atoms with van der Waals surface area (Å²) in [6.07, 6.45) is 0. The van der Waals surface area contributed by atoms with Crippen LogP contribution >= 0.6 is 11.6 Å². The number of nitrogens with zero attached hydrogens (tertiary/aromatic N) is 2. The van der Waals surface area contributed by atoms with E-state index < -0.39 is 0 Å². The van der Waals surface area contributed by atoms with Gasteiger partial charge in [-0.05, 0) is 18.2 Å². The number of halogens is 1. The van der Waals surface area contributed by atoms with E-state index in [0.717, 1.165) is 0 Å². The highest BCUT2D eigenvalue weighted by atomic mass is 35.5. The summed E-state index contributed by atoms with van der Waals surface area (Å²) in [6.45, 7) is 0. The van der Waals surface area contributed by atoms with Crippen LogP contribution in [-0.4, -0.2) is 0 Å². The average molecular weight is 183 g/mol. The zero-order valence-corrected chi connectivity index (χ0v) is 6.99. The fourth-order valence-electron chi connectivity index (χ4n) is 0.651. The lowest BCUT2D eigenvalue weighted by atomic mass is 10.2. The predicted octanol–water partition coefficient (Wildman–Crippen LogP) is 2.57. The minimum Gasteiger partial charge on any atom is -0.192 e. The highest BCUT2D eigenvalue weighted by Crippen LogP contribution is 2.21. The Hall–Kier alpha value is -0.980. The molecule has 1 rings (SSSR count).